The van der Waals surface area contributed by atoms with Crippen molar-refractivity contribution < 1.29 is 45.6 Å². The normalized spacial score (nSPS) is 18.8. The fourth-order valence-corrected chi connectivity index (χ4v) is 14.6. The molecule has 0 amide bonds. The Morgan fingerprint density at radius 2 is 1.19 bits per heavy atom. The van der Waals surface area contributed by atoms with Gasteiger partial charge in [-0.3, -0.25) is 22.8 Å². The number of hydrogen-bond acceptors (Lipinski definition) is 20. The van der Waals surface area contributed by atoms with Crippen molar-refractivity contribution in [1.82, 2.24) is 49.3 Å². The Hall–Kier alpha value is -6.94. The molecule has 10 aromatic rings. The summed E-state index contributed by atoms with van der Waals surface area (Å²) >= 11 is 6.23. The van der Waals surface area contributed by atoms with Gasteiger partial charge in [-0.15, -0.1) is 0 Å². The number of carbonyl (C=O) groups excluding carboxylic acids is 1. The number of morpholine rings is 2. The van der Waals surface area contributed by atoms with Crippen LogP contribution >= 0.6 is 11.6 Å². The Labute approximate surface area is 537 Å². The van der Waals surface area contributed by atoms with E-state index in [1.165, 1.54) is 4.57 Å². The maximum atomic E-state index is 12.5. The molecule has 26 heteroatoms. The van der Waals surface area contributed by atoms with Crippen molar-refractivity contribution in [2.75, 3.05) is 112 Å². The predicted octanol–water partition coefficient (Wildman–Crippen LogP) is 9.49. The number of nitrogens with one attached hydrogen (secondary N) is 1. The summed E-state index contributed by atoms with van der Waals surface area (Å²) in [4.78, 5) is 53.0. The van der Waals surface area contributed by atoms with Gasteiger partial charge in [-0.05, 0) is 132 Å². The van der Waals surface area contributed by atoms with Gasteiger partial charge in [0, 0.05) is 157 Å². The van der Waals surface area contributed by atoms with Gasteiger partial charge in [-0.2, -0.15) is 4.98 Å². The van der Waals surface area contributed by atoms with E-state index in [0.717, 1.165) is 166 Å². The van der Waals surface area contributed by atoms with Crippen LogP contribution in [0.2, 0.25) is 5.28 Å². The molecule has 0 bridgehead atoms. The average molecular weight is 1300 g/mol. The Bertz CT molecular complexity index is 4400. The number of furan rings is 2. The van der Waals surface area contributed by atoms with Gasteiger partial charge in [0.25, 0.3) is 0 Å². The second-order valence-corrected chi connectivity index (χ2v) is 29.5. The number of hydrogen-bond donors (Lipinski definition) is 1. The van der Waals surface area contributed by atoms with Crippen LogP contribution in [0.1, 0.15) is 70.7 Å². The number of anilines is 2. The molecule has 0 atom stereocenters. The summed E-state index contributed by atoms with van der Waals surface area (Å²) in [5.41, 5.74) is 10.6. The molecule has 13 heterocycles. The molecule has 478 valence electrons. The van der Waals surface area contributed by atoms with Gasteiger partial charge in [0.15, 0.2) is 28.6 Å². The summed E-state index contributed by atoms with van der Waals surface area (Å²) in [6.45, 7) is 28.3. The fraction of sp³-hybridized carbons (Fsp3) is 0.462. The van der Waals surface area contributed by atoms with Crippen LogP contribution in [0.3, 0.4) is 0 Å². The molecule has 22 nitrogen and oxygen atoms in total. The minimum atomic E-state index is -0.694. The standard InChI is InChI=1S/C27H28N6O3S.C20H28BNO4.C18H20ClN5O3S/c1-17-2-3-21-19(4-5-28-21)22(17)25-30-23-20-14-18(16-32-8-12-37(34)13-9-32)15-29-27(20)36-24(23)26(31-25)33-6-10-35-11-7-33;1-13-9-10-15-14(11-12-22(15)17(23)24-18(2,3)4)16(13)21-25-19(5,6)20(7,8)26-21;19-18-21-14-13-9-12(11-23-3-7-28(25)8-4-23)10-20-17(13)27-15(14)16(22-18)24-1-5-26-6-2-24/h2-5,14-15,28H,6-13,16H2,1H3;9-12H,1-8H3;9-10H,1-8,11H2. The maximum absolute atomic E-state index is 12.5. The average Bonchev–Trinajstić information content (AvgIpc) is 1.65. The largest absolute Gasteiger partial charge is 0.495 e. The van der Waals surface area contributed by atoms with E-state index in [9.17, 15) is 13.2 Å². The molecule has 8 aromatic heterocycles. The Morgan fingerprint density at radius 1 is 0.659 bits per heavy atom. The first-order chi connectivity index (χ1) is 43.6. The molecule has 0 saturated carbocycles. The lowest BCUT2D eigenvalue weighted by atomic mass is 9.74. The first kappa shape index (κ1) is 62.9. The maximum Gasteiger partial charge on any atom is 0.495 e. The molecule has 15 rings (SSSR count). The topological polar surface area (TPSA) is 235 Å². The summed E-state index contributed by atoms with van der Waals surface area (Å²) in [6.07, 6.45) is 7.02. The monoisotopic (exact) mass is 1290 g/mol. The van der Waals surface area contributed by atoms with Crippen molar-refractivity contribution >= 4 is 130 Å². The van der Waals surface area contributed by atoms with Crippen LogP contribution in [-0.4, -0.2) is 189 Å². The van der Waals surface area contributed by atoms with Crippen molar-refractivity contribution in [3.8, 4) is 11.4 Å². The van der Waals surface area contributed by atoms with Crippen LogP contribution in [0.15, 0.2) is 82.2 Å². The third kappa shape index (κ3) is 13.1. The molecule has 0 aliphatic carbocycles. The van der Waals surface area contributed by atoms with Crippen molar-refractivity contribution in [3.63, 3.8) is 0 Å². The lowest BCUT2D eigenvalue weighted by Crippen LogP contribution is -2.41. The molecule has 5 saturated heterocycles. The number of H-pyrrole nitrogens is 1. The number of benzene rings is 2. The second-order valence-electron chi connectivity index (χ2n) is 25.8. The Kier molecular flexibility index (Phi) is 17.6. The highest BCUT2D eigenvalue weighted by Gasteiger charge is 2.52. The van der Waals surface area contributed by atoms with Gasteiger partial charge in [-0.1, -0.05) is 17.7 Å². The minimum Gasteiger partial charge on any atom is -0.443 e. The Balaban J connectivity index is 0.000000128. The summed E-state index contributed by atoms with van der Waals surface area (Å²) in [7, 11) is -1.85. The number of ether oxygens (including phenoxy) is 3. The zero-order valence-electron chi connectivity index (χ0n) is 52.9. The highest BCUT2D eigenvalue weighted by molar-refractivity contribution is 7.85. The van der Waals surface area contributed by atoms with E-state index in [1.807, 2.05) is 92.2 Å². The summed E-state index contributed by atoms with van der Waals surface area (Å²) < 4.78 is 66.3. The van der Waals surface area contributed by atoms with E-state index >= 15 is 0 Å². The van der Waals surface area contributed by atoms with Crippen molar-refractivity contribution in [2.45, 2.75) is 92.2 Å². The number of aryl methyl sites for hydroxylation is 2. The first-order valence-electron chi connectivity index (χ1n) is 31.0. The number of nitrogens with zero attached hydrogens (tertiary/aromatic N) is 11. The Morgan fingerprint density at radius 3 is 1.74 bits per heavy atom. The molecule has 2 aromatic carbocycles. The predicted molar refractivity (Wildman–Crippen MR) is 358 cm³/mol. The van der Waals surface area contributed by atoms with Crippen molar-refractivity contribution in [2.24, 2.45) is 0 Å². The van der Waals surface area contributed by atoms with Crippen molar-refractivity contribution in [1.29, 1.82) is 0 Å². The number of aromatic nitrogens is 8. The molecule has 5 fully saturated rings. The van der Waals surface area contributed by atoms with Crippen molar-refractivity contribution in [3.05, 3.63) is 101 Å². The van der Waals surface area contributed by atoms with E-state index < -0.39 is 51.6 Å². The highest BCUT2D eigenvalue weighted by Crippen LogP contribution is 2.40. The number of aromatic amines is 1. The molecule has 5 aliphatic heterocycles. The zero-order chi connectivity index (χ0) is 63.5. The quantitative estimate of drug-likeness (QED) is 0.110. The van der Waals surface area contributed by atoms with E-state index in [-0.39, 0.29) is 5.28 Å². The van der Waals surface area contributed by atoms with Gasteiger partial charge >= 0.3 is 13.2 Å². The third-order valence-corrected chi connectivity index (χ3v) is 20.5. The summed E-state index contributed by atoms with van der Waals surface area (Å²) in [5.74, 6) is 5.08. The third-order valence-electron chi connectivity index (χ3n) is 17.7. The molecule has 1 N–H and O–H groups in total. The number of halogens is 1. The van der Waals surface area contributed by atoms with E-state index in [4.69, 9.17) is 53.9 Å². The van der Waals surface area contributed by atoms with Crippen LogP contribution in [0.4, 0.5) is 16.4 Å². The number of carbonyl (C=O) groups is 1. The van der Waals surface area contributed by atoms with Crippen LogP contribution in [0.5, 0.6) is 0 Å². The van der Waals surface area contributed by atoms with Crippen LogP contribution in [-0.2, 0) is 58.2 Å². The molecular formula is C65H76BClN12O10S2. The number of pyridine rings is 2. The first-order valence-corrected chi connectivity index (χ1v) is 34.4. The van der Waals surface area contributed by atoms with Crippen LogP contribution < -0.4 is 15.3 Å². The van der Waals surface area contributed by atoms with E-state index in [0.29, 0.717) is 66.2 Å². The number of rotatable bonds is 8. The molecule has 91 heavy (non-hydrogen) atoms. The molecule has 0 spiro atoms. The lowest BCUT2D eigenvalue weighted by Gasteiger charge is -2.32. The SMILES string of the molecule is Cc1ccc2[nH]ccc2c1-c1nc(N2CCOCC2)c2oc3ncc(CN4CCS(=O)CC4)cc3c2n1.Cc1ccc2c(ccn2C(=O)OC(C)(C)C)c1B1OC(C)(C)C(C)(C)O1.O=S1CCN(Cc2cnc3oc4c(N5CCOCC5)nc(Cl)nc4c3c2)CC1. The second kappa shape index (κ2) is 25.5. The number of fused-ring (bicyclic) bond motifs is 8. The zero-order valence-corrected chi connectivity index (χ0v) is 55.3. The molecule has 5 aliphatic rings. The van der Waals surface area contributed by atoms with Gasteiger partial charge < -0.3 is 47.1 Å². The highest BCUT2D eigenvalue weighted by atomic mass is 35.5. The van der Waals surface area contributed by atoms with Gasteiger partial charge in [0.05, 0.1) is 53.9 Å². The van der Waals surface area contributed by atoms with Crippen LogP contribution in [0, 0.1) is 13.8 Å². The van der Waals surface area contributed by atoms with E-state index in [1.54, 1.807) is 6.20 Å². The van der Waals surface area contributed by atoms with Gasteiger partial charge in [0.2, 0.25) is 16.7 Å². The fourth-order valence-electron chi connectivity index (χ4n) is 12.2. The van der Waals surface area contributed by atoms with E-state index in [2.05, 4.69) is 81.8 Å². The summed E-state index contributed by atoms with van der Waals surface area (Å²) in [6, 6.07) is 16.3. The molecular weight excluding hydrogens is 1220 g/mol. The minimum absolute atomic E-state index is 0.195. The molecule has 0 radical (unpaired) electrons. The smallest absolute Gasteiger partial charge is 0.443 e. The van der Waals surface area contributed by atoms with Gasteiger partial charge in [0.1, 0.15) is 16.6 Å². The molecule has 0 unspecified atom stereocenters. The van der Waals surface area contributed by atoms with Gasteiger partial charge in [-0.25, -0.2) is 29.7 Å². The van der Waals surface area contributed by atoms with Crippen LogP contribution in [0.25, 0.3) is 77.6 Å². The lowest BCUT2D eigenvalue weighted by molar-refractivity contribution is 0.00578. The summed E-state index contributed by atoms with van der Waals surface area (Å²) in [5, 5.41) is 3.97.